The van der Waals surface area contributed by atoms with Crippen molar-refractivity contribution >= 4 is 0 Å². The first-order valence-electron chi connectivity index (χ1n) is 8.70. The Labute approximate surface area is 139 Å². The number of methoxy groups -OCH3 is 2. The first-order valence-corrected chi connectivity index (χ1v) is 8.70. The summed E-state index contributed by atoms with van der Waals surface area (Å²) in [4.78, 5) is 2.55. The van der Waals surface area contributed by atoms with Gasteiger partial charge in [0.1, 0.15) is 0 Å². The third-order valence-corrected chi connectivity index (χ3v) is 5.37. The van der Waals surface area contributed by atoms with Crippen molar-refractivity contribution < 1.29 is 14.6 Å². The molecule has 2 heterocycles. The lowest BCUT2D eigenvalue weighted by atomic mass is 9.79. The van der Waals surface area contributed by atoms with Crippen molar-refractivity contribution in [3.63, 3.8) is 0 Å². The topological polar surface area (TPSA) is 41.9 Å². The smallest absolute Gasteiger partial charge is 0.161 e. The highest BCUT2D eigenvalue weighted by molar-refractivity contribution is 5.49. The Kier molecular flexibility index (Phi) is 4.83. The summed E-state index contributed by atoms with van der Waals surface area (Å²) in [5.74, 6) is 2.61. The van der Waals surface area contributed by atoms with Gasteiger partial charge in [0.25, 0.3) is 0 Å². The van der Waals surface area contributed by atoms with Crippen molar-refractivity contribution in [2.24, 2.45) is 11.8 Å². The van der Waals surface area contributed by atoms with Gasteiger partial charge in [-0.05, 0) is 54.4 Å². The fourth-order valence-corrected chi connectivity index (χ4v) is 4.26. The van der Waals surface area contributed by atoms with Crippen LogP contribution >= 0.6 is 0 Å². The molecule has 1 N–H and O–H groups in total. The molecule has 1 unspecified atom stereocenters. The largest absolute Gasteiger partial charge is 0.493 e. The molecule has 1 aromatic carbocycles. The number of aliphatic hydroxyl groups is 1. The van der Waals surface area contributed by atoms with Crippen molar-refractivity contribution in [3.05, 3.63) is 23.3 Å². The molecule has 0 spiro atoms. The fourth-order valence-electron chi connectivity index (χ4n) is 4.26. The number of ether oxygens (including phenoxy) is 2. The van der Waals surface area contributed by atoms with Crippen molar-refractivity contribution in [3.8, 4) is 11.5 Å². The van der Waals surface area contributed by atoms with E-state index in [0.29, 0.717) is 17.9 Å². The SMILES string of the molecule is COc1cc2c(cc1OC)[C@H]1C[C@@H](O)C(CC(C)C)CN1CC2. The molecule has 0 saturated carbocycles. The van der Waals surface area contributed by atoms with E-state index in [0.717, 1.165) is 43.9 Å². The minimum atomic E-state index is -0.210. The number of nitrogens with zero attached hydrogens (tertiary/aromatic N) is 1. The van der Waals surface area contributed by atoms with Gasteiger partial charge in [0.2, 0.25) is 0 Å². The number of hydrogen-bond donors (Lipinski definition) is 1. The number of benzene rings is 1. The molecule has 4 heteroatoms. The van der Waals surface area contributed by atoms with Crippen LogP contribution in [0.1, 0.15) is 43.9 Å². The summed E-state index contributed by atoms with van der Waals surface area (Å²) >= 11 is 0. The molecular weight excluding hydrogens is 290 g/mol. The summed E-state index contributed by atoms with van der Waals surface area (Å²) in [6.45, 7) is 6.54. The van der Waals surface area contributed by atoms with Crippen molar-refractivity contribution in [2.75, 3.05) is 27.3 Å². The molecule has 23 heavy (non-hydrogen) atoms. The van der Waals surface area contributed by atoms with Crippen LogP contribution in [0.3, 0.4) is 0 Å². The fraction of sp³-hybridized carbons (Fsp3) is 0.684. The molecule has 2 aliphatic heterocycles. The van der Waals surface area contributed by atoms with E-state index in [1.807, 2.05) is 0 Å². The highest BCUT2D eigenvalue weighted by Gasteiger charge is 2.38. The van der Waals surface area contributed by atoms with Crippen LogP contribution < -0.4 is 9.47 Å². The molecular formula is C19H29NO3. The molecule has 0 amide bonds. The highest BCUT2D eigenvalue weighted by atomic mass is 16.5. The van der Waals surface area contributed by atoms with E-state index in [1.165, 1.54) is 11.1 Å². The lowest BCUT2D eigenvalue weighted by molar-refractivity contribution is -0.0191. The summed E-state index contributed by atoms with van der Waals surface area (Å²) in [6.07, 6.45) is 2.75. The highest BCUT2D eigenvalue weighted by Crippen LogP contribution is 2.43. The van der Waals surface area contributed by atoms with Gasteiger partial charge in [-0.15, -0.1) is 0 Å². The molecule has 0 aliphatic carbocycles. The zero-order valence-electron chi connectivity index (χ0n) is 14.7. The summed E-state index contributed by atoms with van der Waals surface area (Å²) < 4.78 is 10.9. The molecule has 3 atom stereocenters. The average Bonchev–Trinajstić information content (AvgIpc) is 2.53. The van der Waals surface area contributed by atoms with Crippen molar-refractivity contribution in [1.82, 2.24) is 4.90 Å². The van der Waals surface area contributed by atoms with E-state index in [4.69, 9.17) is 9.47 Å². The zero-order valence-corrected chi connectivity index (χ0v) is 14.7. The third kappa shape index (κ3) is 3.20. The second-order valence-corrected chi connectivity index (χ2v) is 7.36. The van der Waals surface area contributed by atoms with Gasteiger partial charge in [-0.3, -0.25) is 4.90 Å². The Bertz CT molecular complexity index is 558. The number of piperidine rings is 1. The van der Waals surface area contributed by atoms with Crippen LogP contribution in [-0.4, -0.2) is 43.4 Å². The molecule has 0 radical (unpaired) electrons. The first-order chi connectivity index (χ1) is 11.0. The van der Waals surface area contributed by atoms with E-state index < -0.39 is 0 Å². The van der Waals surface area contributed by atoms with Gasteiger partial charge in [0, 0.05) is 19.1 Å². The van der Waals surface area contributed by atoms with Gasteiger partial charge in [-0.2, -0.15) is 0 Å². The molecule has 0 bridgehead atoms. The molecule has 1 aromatic rings. The maximum Gasteiger partial charge on any atom is 0.161 e. The zero-order chi connectivity index (χ0) is 16.6. The predicted molar refractivity (Wildman–Crippen MR) is 91.1 cm³/mol. The lowest BCUT2D eigenvalue weighted by Crippen LogP contribution is -2.48. The van der Waals surface area contributed by atoms with Gasteiger partial charge < -0.3 is 14.6 Å². The molecule has 0 aromatic heterocycles. The van der Waals surface area contributed by atoms with Crippen LogP contribution in [0.2, 0.25) is 0 Å². The maximum atomic E-state index is 10.6. The van der Waals surface area contributed by atoms with Gasteiger partial charge in [0.05, 0.1) is 20.3 Å². The monoisotopic (exact) mass is 319 g/mol. The van der Waals surface area contributed by atoms with Gasteiger partial charge in [0.15, 0.2) is 11.5 Å². The maximum absolute atomic E-state index is 10.6. The molecule has 4 nitrogen and oxygen atoms in total. The number of hydrogen-bond acceptors (Lipinski definition) is 4. The van der Waals surface area contributed by atoms with Crippen LogP contribution in [0.5, 0.6) is 11.5 Å². The Morgan fingerprint density at radius 2 is 1.91 bits per heavy atom. The first kappa shape index (κ1) is 16.6. The Morgan fingerprint density at radius 1 is 1.22 bits per heavy atom. The van der Waals surface area contributed by atoms with Gasteiger partial charge >= 0.3 is 0 Å². The van der Waals surface area contributed by atoms with E-state index in [-0.39, 0.29) is 6.10 Å². The Hall–Kier alpha value is -1.26. The second-order valence-electron chi connectivity index (χ2n) is 7.36. The minimum Gasteiger partial charge on any atom is -0.493 e. The Morgan fingerprint density at radius 3 is 2.57 bits per heavy atom. The standard InChI is InChI=1S/C19H29NO3/c1-12(2)7-14-11-20-6-5-13-8-18(22-3)19(23-4)9-15(13)16(20)10-17(14)21/h8-9,12,14,16-17,21H,5-7,10-11H2,1-4H3/t14?,16-,17-/m1/s1. The van der Waals surface area contributed by atoms with Crippen molar-refractivity contribution in [2.45, 2.75) is 45.3 Å². The van der Waals surface area contributed by atoms with Crippen LogP contribution in [0, 0.1) is 11.8 Å². The Balaban J connectivity index is 1.87. The molecule has 1 saturated heterocycles. The lowest BCUT2D eigenvalue weighted by Gasteiger charge is -2.46. The molecule has 2 aliphatic rings. The van der Waals surface area contributed by atoms with Crippen LogP contribution in [0.25, 0.3) is 0 Å². The van der Waals surface area contributed by atoms with Crippen LogP contribution in [0.4, 0.5) is 0 Å². The molecule has 128 valence electrons. The summed E-state index contributed by atoms with van der Waals surface area (Å²) in [6, 6.07) is 4.52. The van der Waals surface area contributed by atoms with Crippen LogP contribution in [0.15, 0.2) is 12.1 Å². The summed E-state index contributed by atoms with van der Waals surface area (Å²) in [5.41, 5.74) is 2.63. The van der Waals surface area contributed by atoms with E-state index in [1.54, 1.807) is 14.2 Å². The quantitative estimate of drug-likeness (QED) is 0.926. The summed E-state index contributed by atoms with van der Waals surface area (Å²) in [7, 11) is 3.36. The number of aliphatic hydroxyl groups excluding tert-OH is 1. The normalized spacial score (nSPS) is 27.5. The number of rotatable bonds is 4. The minimum absolute atomic E-state index is 0.210. The molecule has 3 rings (SSSR count). The molecule has 1 fully saturated rings. The predicted octanol–water partition coefficient (Wildman–Crippen LogP) is 3.03. The van der Waals surface area contributed by atoms with E-state index in [9.17, 15) is 5.11 Å². The second kappa shape index (κ2) is 6.70. The van der Waals surface area contributed by atoms with E-state index >= 15 is 0 Å². The third-order valence-electron chi connectivity index (χ3n) is 5.37. The summed E-state index contributed by atoms with van der Waals surface area (Å²) in [5, 5.41) is 10.6. The van der Waals surface area contributed by atoms with Crippen LogP contribution in [-0.2, 0) is 6.42 Å². The van der Waals surface area contributed by atoms with Crippen molar-refractivity contribution in [1.29, 1.82) is 0 Å². The average molecular weight is 319 g/mol. The number of fused-ring (bicyclic) bond motifs is 3. The van der Waals surface area contributed by atoms with Gasteiger partial charge in [-0.25, -0.2) is 0 Å². The van der Waals surface area contributed by atoms with E-state index in [2.05, 4.69) is 30.9 Å². The van der Waals surface area contributed by atoms with Gasteiger partial charge in [-0.1, -0.05) is 13.8 Å².